The van der Waals surface area contributed by atoms with E-state index in [2.05, 4.69) is 17.5 Å². The molecule has 0 radical (unpaired) electrons. The third-order valence-electron chi connectivity index (χ3n) is 2.75. The van der Waals surface area contributed by atoms with Crippen molar-refractivity contribution in [2.24, 2.45) is 5.73 Å². The number of furan rings is 1. The molecular weight excluding hydrogens is 329 g/mol. The minimum atomic E-state index is -4.43. The number of rotatable bonds is 3. The fourth-order valence-corrected chi connectivity index (χ4v) is 1.87. The van der Waals surface area contributed by atoms with Gasteiger partial charge in [-0.2, -0.15) is 13.2 Å². The fourth-order valence-electron chi connectivity index (χ4n) is 1.77. The van der Waals surface area contributed by atoms with E-state index in [4.69, 9.17) is 10.2 Å². The SMILES string of the molecule is NC(=S)NC(=O)/C=C/c1ccc(-c2cccc(C(F)(F)F)c2)o1. The van der Waals surface area contributed by atoms with Crippen molar-refractivity contribution in [2.45, 2.75) is 6.18 Å². The van der Waals surface area contributed by atoms with Crippen LogP contribution in [0.3, 0.4) is 0 Å². The first-order valence-electron chi connectivity index (χ1n) is 6.31. The molecule has 120 valence electrons. The first-order valence-corrected chi connectivity index (χ1v) is 6.72. The average Bonchev–Trinajstić information content (AvgIpc) is 2.92. The number of nitrogens with one attached hydrogen (secondary N) is 1. The predicted octanol–water partition coefficient (Wildman–Crippen LogP) is 3.34. The smallest absolute Gasteiger partial charge is 0.416 e. The highest BCUT2D eigenvalue weighted by atomic mass is 32.1. The fraction of sp³-hybridized carbons (Fsp3) is 0.0667. The zero-order chi connectivity index (χ0) is 17.0. The molecule has 1 heterocycles. The van der Waals surface area contributed by atoms with Crippen molar-refractivity contribution in [2.75, 3.05) is 0 Å². The Bertz CT molecular complexity index is 766. The number of hydrogen-bond donors (Lipinski definition) is 2. The van der Waals surface area contributed by atoms with Gasteiger partial charge in [0.15, 0.2) is 5.11 Å². The molecule has 1 amide bonds. The first kappa shape index (κ1) is 16.8. The highest BCUT2D eigenvalue weighted by Gasteiger charge is 2.30. The Labute approximate surface area is 134 Å². The molecule has 0 bridgehead atoms. The number of carbonyl (C=O) groups excluding carboxylic acids is 1. The van der Waals surface area contributed by atoms with E-state index in [1.807, 2.05) is 0 Å². The minimum absolute atomic E-state index is 0.163. The summed E-state index contributed by atoms with van der Waals surface area (Å²) in [6.07, 6.45) is -1.93. The van der Waals surface area contributed by atoms with Gasteiger partial charge in [0.2, 0.25) is 5.91 Å². The van der Waals surface area contributed by atoms with Crippen molar-refractivity contribution >= 4 is 29.3 Å². The molecule has 0 saturated carbocycles. The summed E-state index contributed by atoms with van der Waals surface area (Å²) in [5, 5.41) is 2.03. The molecule has 0 aliphatic rings. The van der Waals surface area contributed by atoms with Crippen molar-refractivity contribution in [3.05, 3.63) is 53.8 Å². The summed E-state index contributed by atoms with van der Waals surface area (Å²) in [6.45, 7) is 0. The Kier molecular flexibility index (Phi) is 4.85. The standard InChI is InChI=1S/C15H11F3N2O2S/c16-15(17,18)10-3-1-2-9(8-10)12-6-4-11(22-12)5-7-13(21)20-14(19)23/h1-8H,(H3,19,20,21,23)/b7-5+. The molecule has 2 aromatic rings. The largest absolute Gasteiger partial charge is 0.457 e. The highest BCUT2D eigenvalue weighted by molar-refractivity contribution is 7.80. The van der Waals surface area contributed by atoms with E-state index in [1.54, 1.807) is 0 Å². The molecule has 8 heteroatoms. The van der Waals surface area contributed by atoms with Gasteiger partial charge in [0.05, 0.1) is 5.56 Å². The number of carbonyl (C=O) groups is 1. The zero-order valence-corrected chi connectivity index (χ0v) is 12.4. The Morgan fingerprint density at radius 3 is 2.65 bits per heavy atom. The van der Waals surface area contributed by atoms with E-state index in [9.17, 15) is 18.0 Å². The molecule has 0 aliphatic carbocycles. The summed E-state index contributed by atoms with van der Waals surface area (Å²) in [7, 11) is 0. The van der Waals surface area contributed by atoms with Gasteiger partial charge in [-0.1, -0.05) is 12.1 Å². The van der Waals surface area contributed by atoms with Crippen LogP contribution in [0, 0.1) is 0 Å². The van der Waals surface area contributed by atoms with Gasteiger partial charge < -0.3 is 10.2 Å². The van der Waals surface area contributed by atoms with Crippen LogP contribution in [0.15, 0.2) is 46.9 Å². The molecule has 0 saturated heterocycles. The van der Waals surface area contributed by atoms with Gasteiger partial charge in [0.1, 0.15) is 11.5 Å². The lowest BCUT2D eigenvalue weighted by molar-refractivity contribution is -0.137. The second-order valence-electron chi connectivity index (χ2n) is 4.47. The zero-order valence-electron chi connectivity index (χ0n) is 11.6. The van der Waals surface area contributed by atoms with E-state index >= 15 is 0 Å². The van der Waals surface area contributed by atoms with E-state index in [1.165, 1.54) is 30.3 Å². The topological polar surface area (TPSA) is 68.3 Å². The average molecular weight is 340 g/mol. The summed E-state index contributed by atoms with van der Waals surface area (Å²) >= 11 is 4.51. The number of nitrogens with two attached hydrogens (primary N) is 1. The number of amides is 1. The van der Waals surface area contributed by atoms with E-state index in [0.29, 0.717) is 5.76 Å². The lowest BCUT2D eigenvalue weighted by Gasteiger charge is -2.07. The van der Waals surface area contributed by atoms with Crippen LogP contribution in [0.1, 0.15) is 11.3 Å². The van der Waals surface area contributed by atoms with Gasteiger partial charge >= 0.3 is 6.18 Å². The molecule has 1 aromatic heterocycles. The van der Waals surface area contributed by atoms with Crippen LogP contribution >= 0.6 is 12.2 Å². The molecule has 0 fully saturated rings. The Morgan fingerprint density at radius 2 is 2.00 bits per heavy atom. The maximum Gasteiger partial charge on any atom is 0.416 e. The second kappa shape index (κ2) is 6.66. The van der Waals surface area contributed by atoms with Crippen LogP contribution in [0.5, 0.6) is 0 Å². The van der Waals surface area contributed by atoms with Crippen molar-refractivity contribution in [1.82, 2.24) is 5.32 Å². The molecule has 3 N–H and O–H groups in total. The number of hydrogen-bond acceptors (Lipinski definition) is 3. The summed E-state index contributed by atoms with van der Waals surface area (Å²) < 4.78 is 43.5. The van der Waals surface area contributed by atoms with Gasteiger partial charge in [-0.25, -0.2) is 0 Å². The van der Waals surface area contributed by atoms with Gasteiger partial charge in [-0.3, -0.25) is 10.1 Å². The van der Waals surface area contributed by atoms with Crippen LogP contribution in [0.4, 0.5) is 13.2 Å². The Morgan fingerprint density at radius 1 is 1.26 bits per heavy atom. The molecule has 1 aromatic carbocycles. The maximum atomic E-state index is 12.7. The molecule has 0 unspecified atom stereocenters. The molecular formula is C15H11F3N2O2S. The van der Waals surface area contributed by atoms with Crippen molar-refractivity contribution in [3.8, 4) is 11.3 Å². The summed E-state index contributed by atoms with van der Waals surface area (Å²) in [4.78, 5) is 11.3. The summed E-state index contributed by atoms with van der Waals surface area (Å²) in [6, 6.07) is 7.81. The Balaban J connectivity index is 2.18. The number of benzene rings is 1. The predicted molar refractivity (Wildman–Crippen MR) is 83.1 cm³/mol. The van der Waals surface area contributed by atoms with Gasteiger partial charge in [-0.05, 0) is 42.6 Å². The lowest BCUT2D eigenvalue weighted by atomic mass is 10.1. The van der Waals surface area contributed by atoms with E-state index in [0.717, 1.165) is 18.2 Å². The number of thiocarbonyl (C=S) groups is 1. The maximum absolute atomic E-state index is 12.7. The second-order valence-corrected chi connectivity index (χ2v) is 4.91. The van der Waals surface area contributed by atoms with Crippen LogP contribution in [0.2, 0.25) is 0 Å². The van der Waals surface area contributed by atoms with Crippen molar-refractivity contribution in [1.29, 1.82) is 0 Å². The van der Waals surface area contributed by atoms with Gasteiger partial charge in [0.25, 0.3) is 0 Å². The van der Waals surface area contributed by atoms with E-state index in [-0.39, 0.29) is 16.4 Å². The van der Waals surface area contributed by atoms with Gasteiger partial charge in [0, 0.05) is 11.6 Å². The van der Waals surface area contributed by atoms with E-state index < -0.39 is 17.6 Å². The quantitative estimate of drug-likeness (QED) is 0.664. The Hall–Kier alpha value is -2.61. The molecule has 23 heavy (non-hydrogen) atoms. The molecule has 4 nitrogen and oxygen atoms in total. The third kappa shape index (κ3) is 4.68. The molecule has 0 aliphatic heterocycles. The molecule has 0 atom stereocenters. The monoisotopic (exact) mass is 340 g/mol. The number of halogens is 3. The summed E-state index contributed by atoms with van der Waals surface area (Å²) in [5.41, 5.74) is 4.66. The van der Waals surface area contributed by atoms with Crippen molar-refractivity contribution < 1.29 is 22.4 Å². The normalized spacial score (nSPS) is 11.6. The highest BCUT2D eigenvalue weighted by Crippen LogP contribution is 2.32. The number of alkyl halides is 3. The summed E-state index contributed by atoms with van der Waals surface area (Å²) in [5.74, 6) is 0.0236. The van der Waals surface area contributed by atoms with Crippen molar-refractivity contribution in [3.63, 3.8) is 0 Å². The van der Waals surface area contributed by atoms with Crippen LogP contribution in [0.25, 0.3) is 17.4 Å². The van der Waals surface area contributed by atoms with Crippen LogP contribution < -0.4 is 11.1 Å². The molecule has 2 rings (SSSR count). The molecule has 0 spiro atoms. The third-order valence-corrected chi connectivity index (χ3v) is 2.85. The lowest BCUT2D eigenvalue weighted by Crippen LogP contribution is -2.33. The first-order chi connectivity index (χ1) is 10.8. The van der Waals surface area contributed by atoms with Crippen LogP contribution in [-0.2, 0) is 11.0 Å². The van der Waals surface area contributed by atoms with Gasteiger partial charge in [-0.15, -0.1) is 0 Å². The minimum Gasteiger partial charge on any atom is -0.457 e. The van der Waals surface area contributed by atoms with Crippen LogP contribution in [-0.4, -0.2) is 11.0 Å².